The monoisotopic (exact) mass is 274 g/mol. The minimum absolute atomic E-state index is 0.109. The van der Waals surface area contributed by atoms with Gasteiger partial charge in [-0.15, -0.1) is 0 Å². The van der Waals surface area contributed by atoms with Crippen molar-refractivity contribution in [2.24, 2.45) is 11.1 Å². The van der Waals surface area contributed by atoms with Crippen molar-refractivity contribution in [1.29, 1.82) is 0 Å². The first-order valence-corrected chi connectivity index (χ1v) is 7.28. The number of aryl methyl sites for hydroxylation is 2. The SMILES string of the molecule is Cc1cccc2c1N(C(=O)C1(C)COCC1N)CCC2. The standard InChI is InChI=1S/C16H22N2O2/c1-11-5-3-6-12-7-4-8-18(14(11)12)15(19)16(2)10-20-9-13(16)17/h3,5-6,13H,4,7-10,17H2,1-2H3. The van der Waals surface area contributed by atoms with Gasteiger partial charge in [0.05, 0.1) is 18.6 Å². The van der Waals surface area contributed by atoms with E-state index in [1.807, 2.05) is 11.8 Å². The predicted molar refractivity (Wildman–Crippen MR) is 78.8 cm³/mol. The van der Waals surface area contributed by atoms with Crippen LogP contribution in [0.5, 0.6) is 0 Å². The van der Waals surface area contributed by atoms with Gasteiger partial charge in [-0.25, -0.2) is 0 Å². The van der Waals surface area contributed by atoms with Gasteiger partial charge in [-0.2, -0.15) is 0 Å². The molecule has 2 atom stereocenters. The fourth-order valence-electron chi connectivity index (χ4n) is 3.27. The maximum atomic E-state index is 13.0. The van der Waals surface area contributed by atoms with E-state index in [0.29, 0.717) is 13.2 Å². The number of ether oxygens (including phenoxy) is 1. The molecule has 3 rings (SSSR count). The summed E-state index contributed by atoms with van der Waals surface area (Å²) in [6.07, 6.45) is 2.05. The summed E-state index contributed by atoms with van der Waals surface area (Å²) in [4.78, 5) is 14.9. The van der Waals surface area contributed by atoms with Crippen LogP contribution >= 0.6 is 0 Å². The van der Waals surface area contributed by atoms with E-state index in [2.05, 4.69) is 25.1 Å². The summed E-state index contributed by atoms with van der Waals surface area (Å²) < 4.78 is 5.43. The van der Waals surface area contributed by atoms with Gasteiger partial charge in [0, 0.05) is 18.3 Å². The highest BCUT2D eigenvalue weighted by atomic mass is 16.5. The summed E-state index contributed by atoms with van der Waals surface area (Å²) >= 11 is 0. The second-order valence-corrected chi connectivity index (χ2v) is 6.18. The third-order valence-electron chi connectivity index (χ3n) is 4.67. The summed E-state index contributed by atoms with van der Waals surface area (Å²) in [5.74, 6) is 0.109. The summed E-state index contributed by atoms with van der Waals surface area (Å²) in [7, 11) is 0. The summed E-state index contributed by atoms with van der Waals surface area (Å²) in [5.41, 5.74) is 9.02. The number of anilines is 1. The van der Waals surface area contributed by atoms with Crippen molar-refractivity contribution in [3.05, 3.63) is 29.3 Å². The Morgan fingerprint density at radius 1 is 1.50 bits per heavy atom. The van der Waals surface area contributed by atoms with Gasteiger partial charge in [0.15, 0.2) is 0 Å². The zero-order valence-electron chi connectivity index (χ0n) is 12.2. The van der Waals surface area contributed by atoms with Crippen LogP contribution in [0.15, 0.2) is 18.2 Å². The average Bonchev–Trinajstić information content (AvgIpc) is 2.79. The van der Waals surface area contributed by atoms with Crippen LogP contribution in [0.3, 0.4) is 0 Å². The molecule has 2 unspecified atom stereocenters. The Bertz CT molecular complexity index is 543. The quantitative estimate of drug-likeness (QED) is 0.847. The molecule has 2 aliphatic heterocycles. The Hall–Kier alpha value is -1.39. The van der Waals surface area contributed by atoms with Gasteiger partial charge >= 0.3 is 0 Å². The lowest BCUT2D eigenvalue weighted by atomic mass is 9.83. The van der Waals surface area contributed by atoms with Crippen LogP contribution in [-0.2, 0) is 16.0 Å². The van der Waals surface area contributed by atoms with Crippen LogP contribution < -0.4 is 10.6 Å². The summed E-state index contributed by atoms with van der Waals surface area (Å²) in [6, 6.07) is 6.03. The maximum absolute atomic E-state index is 13.0. The van der Waals surface area contributed by atoms with Crippen molar-refractivity contribution in [1.82, 2.24) is 0 Å². The van der Waals surface area contributed by atoms with Crippen LogP contribution in [0.1, 0.15) is 24.5 Å². The van der Waals surface area contributed by atoms with Gasteiger partial charge < -0.3 is 15.4 Å². The van der Waals surface area contributed by atoms with Gasteiger partial charge in [-0.1, -0.05) is 18.2 Å². The van der Waals surface area contributed by atoms with Gasteiger partial charge in [0.1, 0.15) is 0 Å². The topological polar surface area (TPSA) is 55.6 Å². The summed E-state index contributed by atoms with van der Waals surface area (Å²) in [5, 5.41) is 0. The van der Waals surface area contributed by atoms with Crippen LogP contribution in [-0.4, -0.2) is 31.7 Å². The first kappa shape index (κ1) is 13.6. The minimum Gasteiger partial charge on any atom is -0.379 e. The molecule has 1 saturated heterocycles. The van der Waals surface area contributed by atoms with E-state index in [1.165, 1.54) is 5.56 Å². The Morgan fingerprint density at radius 3 is 3.00 bits per heavy atom. The van der Waals surface area contributed by atoms with Crippen LogP contribution in [0.2, 0.25) is 0 Å². The van der Waals surface area contributed by atoms with Crippen molar-refractivity contribution in [3.63, 3.8) is 0 Å². The van der Waals surface area contributed by atoms with Crippen molar-refractivity contribution in [3.8, 4) is 0 Å². The molecule has 2 heterocycles. The number of hydrogen-bond acceptors (Lipinski definition) is 3. The normalized spacial score (nSPS) is 29.4. The first-order chi connectivity index (χ1) is 9.54. The van der Waals surface area contributed by atoms with E-state index < -0.39 is 5.41 Å². The molecule has 0 aromatic heterocycles. The lowest BCUT2D eigenvalue weighted by molar-refractivity contribution is -0.128. The van der Waals surface area contributed by atoms with Crippen LogP contribution in [0.25, 0.3) is 0 Å². The van der Waals surface area contributed by atoms with Crippen LogP contribution in [0.4, 0.5) is 5.69 Å². The Morgan fingerprint density at radius 2 is 2.30 bits per heavy atom. The van der Waals surface area contributed by atoms with E-state index in [1.54, 1.807) is 0 Å². The van der Waals surface area contributed by atoms with Gasteiger partial charge in [0.2, 0.25) is 5.91 Å². The molecule has 1 amide bonds. The molecule has 4 nitrogen and oxygen atoms in total. The zero-order chi connectivity index (χ0) is 14.3. The largest absolute Gasteiger partial charge is 0.379 e. The molecule has 1 aromatic rings. The number of hydrogen-bond donors (Lipinski definition) is 1. The molecular weight excluding hydrogens is 252 g/mol. The molecule has 4 heteroatoms. The highest BCUT2D eigenvalue weighted by molar-refractivity contribution is 5.99. The van der Waals surface area contributed by atoms with Crippen LogP contribution in [0, 0.1) is 12.3 Å². The number of para-hydroxylation sites is 1. The molecule has 0 bridgehead atoms. The predicted octanol–water partition coefficient (Wildman–Crippen LogP) is 1.64. The number of nitrogens with two attached hydrogens (primary N) is 1. The van der Waals surface area contributed by atoms with E-state index in [-0.39, 0.29) is 11.9 Å². The fourth-order valence-corrected chi connectivity index (χ4v) is 3.27. The molecule has 0 aliphatic carbocycles. The molecule has 0 radical (unpaired) electrons. The Balaban J connectivity index is 1.99. The highest BCUT2D eigenvalue weighted by Crippen LogP contribution is 2.36. The lowest BCUT2D eigenvalue weighted by Crippen LogP contribution is -2.53. The lowest BCUT2D eigenvalue weighted by Gasteiger charge is -2.37. The molecule has 2 N–H and O–H groups in total. The Kier molecular flexibility index (Phi) is 3.30. The van der Waals surface area contributed by atoms with Gasteiger partial charge in [0.25, 0.3) is 0 Å². The summed E-state index contributed by atoms with van der Waals surface area (Å²) in [6.45, 7) is 5.66. The van der Waals surface area contributed by atoms with Gasteiger partial charge in [-0.05, 0) is 37.8 Å². The van der Waals surface area contributed by atoms with Crippen molar-refractivity contribution < 1.29 is 9.53 Å². The molecule has 20 heavy (non-hydrogen) atoms. The number of benzene rings is 1. The second-order valence-electron chi connectivity index (χ2n) is 6.18. The Labute approximate surface area is 119 Å². The molecule has 0 saturated carbocycles. The van der Waals surface area contributed by atoms with Crippen molar-refractivity contribution >= 4 is 11.6 Å². The minimum atomic E-state index is -0.600. The average molecular weight is 274 g/mol. The van der Waals surface area contributed by atoms with E-state index in [0.717, 1.165) is 30.6 Å². The maximum Gasteiger partial charge on any atom is 0.236 e. The van der Waals surface area contributed by atoms with Gasteiger partial charge in [-0.3, -0.25) is 4.79 Å². The highest BCUT2D eigenvalue weighted by Gasteiger charge is 2.47. The van der Waals surface area contributed by atoms with Crippen molar-refractivity contribution in [2.45, 2.75) is 32.7 Å². The third kappa shape index (κ3) is 1.95. The zero-order valence-corrected chi connectivity index (χ0v) is 12.2. The fraction of sp³-hybridized carbons (Fsp3) is 0.562. The first-order valence-electron chi connectivity index (χ1n) is 7.28. The molecule has 0 spiro atoms. The molecular formula is C16H22N2O2. The number of fused-ring (bicyclic) bond motifs is 1. The molecule has 108 valence electrons. The smallest absolute Gasteiger partial charge is 0.236 e. The van der Waals surface area contributed by atoms with E-state index in [4.69, 9.17) is 10.5 Å². The molecule has 1 aromatic carbocycles. The number of carbonyl (C=O) groups excluding carboxylic acids is 1. The van der Waals surface area contributed by atoms with Crippen molar-refractivity contribution in [2.75, 3.05) is 24.7 Å². The molecule has 1 fully saturated rings. The third-order valence-corrected chi connectivity index (χ3v) is 4.67. The van der Waals surface area contributed by atoms with E-state index in [9.17, 15) is 4.79 Å². The second kappa shape index (κ2) is 4.86. The number of carbonyl (C=O) groups is 1. The number of rotatable bonds is 1. The number of nitrogens with zero attached hydrogens (tertiary/aromatic N) is 1. The molecule has 2 aliphatic rings. The number of amides is 1. The van der Waals surface area contributed by atoms with E-state index >= 15 is 0 Å².